The summed E-state index contributed by atoms with van der Waals surface area (Å²) in [6.07, 6.45) is 5.81. The smallest absolute Gasteiger partial charge is 0.225 e. The van der Waals surface area contributed by atoms with Gasteiger partial charge in [0.1, 0.15) is 0 Å². The van der Waals surface area contributed by atoms with E-state index in [1.54, 1.807) is 0 Å². The van der Waals surface area contributed by atoms with Crippen molar-refractivity contribution in [2.45, 2.75) is 38.9 Å². The molecule has 1 aromatic heterocycles. The number of hydrogen-bond donors (Lipinski definition) is 1. The topological polar surface area (TPSA) is 58.5 Å². The molecule has 0 radical (unpaired) electrons. The van der Waals surface area contributed by atoms with Crippen molar-refractivity contribution in [1.29, 1.82) is 0 Å². The maximum absolute atomic E-state index is 9.10. The van der Waals surface area contributed by atoms with Crippen LogP contribution in [0.3, 0.4) is 0 Å². The van der Waals surface area contributed by atoms with Gasteiger partial charge in [0.2, 0.25) is 5.95 Å². The van der Waals surface area contributed by atoms with Gasteiger partial charge in [-0.05, 0) is 12.8 Å². The molecule has 2 saturated heterocycles. The van der Waals surface area contributed by atoms with Crippen LogP contribution in [0.5, 0.6) is 5.75 Å². The fourth-order valence-corrected chi connectivity index (χ4v) is 2.26. The predicted octanol–water partition coefficient (Wildman–Crippen LogP) is 1.58. The molecule has 94 valence electrons. The summed E-state index contributed by atoms with van der Waals surface area (Å²) in [4.78, 5) is 10.3. The minimum Gasteiger partial charge on any atom is -0.505 e. The number of anilines is 1. The lowest BCUT2D eigenvalue weighted by atomic mass is 10.2. The molecule has 5 heteroatoms. The van der Waals surface area contributed by atoms with Crippen LogP contribution in [0.2, 0.25) is 0 Å². The second-order valence-corrected chi connectivity index (χ2v) is 4.10. The third kappa shape index (κ3) is 2.66. The highest BCUT2D eigenvalue weighted by Crippen LogP contribution is 2.28. The lowest BCUT2D eigenvalue weighted by Crippen LogP contribution is -2.43. The monoisotopic (exact) mass is 237 g/mol. The van der Waals surface area contributed by atoms with E-state index in [2.05, 4.69) is 14.9 Å². The zero-order valence-electron chi connectivity index (χ0n) is 10.3. The van der Waals surface area contributed by atoms with Gasteiger partial charge in [0, 0.05) is 13.1 Å². The van der Waals surface area contributed by atoms with Crippen LogP contribution in [0, 0.1) is 0 Å². The Morgan fingerprint density at radius 3 is 2.24 bits per heavy atom. The maximum atomic E-state index is 9.10. The zero-order chi connectivity index (χ0) is 12.3. The molecule has 3 heterocycles. The molecule has 0 amide bonds. The van der Waals surface area contributed by atoms with Crippen LogP contribution in [-0.2, 0) is 4.74 Å². The van der Waals surface area contributed by atoms with E-state index in [0.29, 0.717) is 18.2 Å². The van der Waals surface area contributed by atoms with Crippen LogP contribution in [0.15, 0.2) is 12.4 Å². The Morgan fingerprint density at radius 1 is 1.18 bits per heavy atom. The molecule has 2 bridgehead atoms. The van der Waals surface area contributed by atoms with Gasteiger partial charge in [0.15, 0.2) is 5.75 Å². The van der Waals surface area contributed by atoms with E-state index in [-0.39, 0.29) is 5.75 Å². The van der Waals surface area contributed by atoms with E-state index in [9.17, 15) is 0 Å². The second-order valence-electron chi connectivity index (χ2n) is 4.10. The Hall–Kier alpha value is -1.36. The SMILES string of the molecule is CC.Oc1cnc(N2CC3CCC(C2)O3)nc1. The first-order valence-corrected chi connectivity index (χ1v) is 6.23. The van der Waals surface area contributed by atoms with Crippen molar-refractivity contribution in [3.05, 3.63) is 12.4 Å². The molecule has 0 spiro atoms. The molecule has 3 rings (SSSR count). The number of aromatic nitrogens is 2. The molecule has 2 fully saturated rings. The van der Waals surface area contributed by atoms with Crippen molar-refractivity contribution in [3.8, 4) is 5.75 Å². The van der Waals surface area contributed by atoms with Crippen molar-refractivity contribution < 1.29 is 9.84 Å². The third-order valence-corrected chi connectivity index (χ3v) is 2.95. The molecule has 17 heavy (non-hydrogen) atoms. The Morgan fingerprint density at radius 2 is 1.71 bits per heavy atom. The molecule has 0 aromatic carbocycles. The number of nitrogens with zero attached hydrogens (tertiary/aromatic N) is 3. The minimum atomic E-state index is 0.106. The number of morpholine rings is 1. The Kier molecular flexibility index (Phi) is 3.78. The number of aromatic hydroxyl groups is 1. The largest absolute Gasteiger partial charge is 0.505 e. The molecular weight excluding hydrogens is 218 g/mol. The average Bonchev–Trinajstić information content (AvgIpc) is 2.72. The van der Waals surface area contributed by atoms with E-state index < -0.39 is 0 Å². The fourth-order valence-electron chi connectivity index (χ4n) is 2.26. The Labute approximate surface area is 101 Å². The van der Waals surface area contributed by atoms with E-state index in [1.807, 2.05) is 13.8 Å². The number of fused-ring (bicyclic) bond motifs is 2. The van der Waals surface area contributed by atoms with Gasteiger partial charge in [-0.1, -0.05) is 13.8 Å². The summed E-state index contributed by atoms with van der Waals surface area (Å²) in [5, 5.41) is 9.10. The van der Waals surface area contributed by atoms with Crippen molar-refractivity contribution in [2.75, 3.05) is 18.0 Å². The van der Waals surface area contributed by atoms with Gasteiger partial charge in [0.05, 0.1) is 24.6 Å². The van der Waals surface area contributed by atoms with Crippen molar-refractivity contribution >= 4 is 5.95 Å². The minimum absolute atomic E-state index is 0.106. The maximum Gasteiger partial charge on any atom is 0.225 e. The van der Waals surface area contributed by atoms with Crippen LogP contribution in [-0.4, -0.2) is 40.4 Å². The number of rotatable bonds is 1. The van der Waals surface area contributed by atoms with Crippen LogP contribution in [0.25, 0.3) is 0 Å². The predicted molar refractivity (Wildman–Crippen MR) is 65.2 cm³/mol. The summed E-state index contributed by atoms with van der Waals surface area (Å²) in [5.41, 5.74) is 0. The summed E-state index contributed by atoms with van der Waals surface area (Å²) >= 11 is 0. The summed E-state index contributed by atoms with van der Waals surface area (Å²) in [7, 11) is 0. The Balaban J connectivity index is 0.000000514. The Bertz CT molecular complexity index is 343. The van der Waals surface area contributed by atoms with Gasteiger partial charge < -0.3 is 14.7 Å². The van der Waals surface area contributed by atoms with Gasteiger partial charge in [-0.3, -0.25) is 0 Å². The third-order valence-electron chi connectivity index (χ3n) is 2.95. The molecule has 2 aliphatic rings. The summed E-state index contributed by atoms with van der Waals surface area (Å²) < 4.78 is 5.73. The van der Waals surface area contributed by atoms with Crippen molar-refractivity contribution in [3.63, 3.8) is 0 Å². The van der Waals surface area contributed by atoms with E-state index in [0.717, 1.165) is 25.9 Å². The van der Waals surface area contributed by atoms with Crippen LogP contribution in [0.4, 0.5) is 5.95 Å². The summed E-state index contributed by atoms with van der Waals surface area (Å²) in [6, 6.07) is 0. The first kappa shape index (κ1) is 12.1. The lowest BCUT2D eigenvalue weighted by molar-refractivity contribution is 0.0299. The molecule has 0 aliphatic carbocycles. The molecular formula is C12H19N3O2. The first-order valence-electron chi connectivity index (χ1n) is 6.23. The van der Waals surface area contributed by atoms with Gasteiger partial charge in [-0.25, -0.2) is 9.97 Å². The second kappa shape index (κ2) is 5.31. The van der Waals surface area contributed by atoms with Crippen molar-refractivity contribution in [1.82, 2.24) is 9.97 Å². The normalized spacial score (nSPS) is 26.4. The highest BCUT2D eigenvalue weighted by Gasteiger charge is 2.34. The molecule has 2 unspecified atom stereocenters. The van der Waals surface area contributed by atoms with Gasteiger partial charge >= 0.3 is 0 Å². The van der Waals surface area contributed by atoms with E-state index in [4.69, 9.17) is 9.84 Å². The molecule has 1 aromatic rings. The summed E-state index contributed by atoms with van der Waals surface area (Å²) in [5.74, 6) is 0.794. The number of hydrogen-bond acceptors (Lipinski definition) is 5. The first-order chi connectivity index (χ1) is 8.31. The van der Waals surface area contributed by atoms with E-state index in [1.165, 1.54) is 12.4 Å². The highest BCUT2D eigenvalue weighted by molar-refractivity contribution is 5.32. The molecule has 1 N–H and O–H groups in total. The molecule has 0 saturated carbocycles. The van der Waals surface area contributed by atoms with Gasteiger partial charge in [-0.2, -0.15) is 0 Å². The zero-order valence-corrected chi connectivity index (χ0v) is 10.3. The van der Waals surface area contributed by atoms with Gasteiger partial charge in [-0.15, -0.1) is 0 Å². The van der Waals surface area contributed by atoms with E-state index >= 15 is 0 Å². The average molecular weight is 237 g/mol. The molecule has 2 atom stereocenters. The van der Waals surface area contributed by atoms with Gasteiger partial charge in [0.25, 0.3) is 0 Å². The summed E-state index contributed by atoms with van der Waals surface area (Å²) in [6.45, 7) is 5.72. The standard InChI is InChI=1S/C10H13N3O2.C2H6/c14-7-3-11-10(12-4-7)13-5-8-1-2-9(6-13)15-8;1-2/h3-4,8-9,14H,1-2,5-6H2;1-2H3. The van der Waals surface area contributed by atoms with Crippen LogP contribution < -0.4 is 4.90 Å². The highest BCUT2D eigenvalue weighted by atomic mass is 16.5. The lowest BCUT2D eigenvalue weighted by Gasteiger charge is -2.31. The van der Waals surface area contributed by atoms with Crippen molar-refractivity contribution in [2.24, 2.45) is 0 Å². The molecule has 2 aliphatic heterocycles. The van der Waals surface area contributed by atoms with Crippen LogP contribution >= 0.6 is 0 Å². The van der Waals surface area contributed by atoms with Crippen LogP contribution in [0.1, 0.15) is 26.7 Å². The quantitative estimate of drug-likeness (QED) is 0.803. The number of ether oxygens (including phenoxy) is 1. The fraction of sp³-hybridized carbons (Fsp3) is 0.667. The molecule has 5 nitrogen and oxygen atoms in total.